The first-order valence-corrected chi connectivity index (χ1v) is 14.2. The van der Waals surface area contributed by atoms with Crippen molar-refractivity contribution in [2.75, 3.05) is 32.5 Å². The van der Waals surface area contributed by atoms with Crippen LogP contribution in [-0.2, 0) is 11.3 Å². The van der Waals surface area contributed by atoms with Crippen molar-refractivity contribution in [3.05, 3.63) is 65.1 Å². The highest BCUT2D eigenvalue weighted by molar-refractivity contribution is 7.99. The number of carboxylic acids is 1. The molecule has 1 aromatic heterocycles. The number of nitrogens with zero attached hydrogens (tertiary/aromatic N) is 2. The lowest BCUT2D eigenvalue weighted by molar-refractivity contribution is -0.141. The molecule has 1 aliphatic rings. The summed E-state index contributed by atoms with van der Waals surface area (Å²) < 4.78 is 45.5. The molecule has 1 saturated heterocycles. The molecular weight excluding hydrogens is 543 g/mol. The highest BCUT2D eigenvalue weighted by Crippen LogP contribution is 2.42. The average Bonchev–Trinajstić information content (AvgIpc) is 2.94. The van der Waals surface area contributed by atoms with Crippen molar-refractivity contribution in [1.82, 2.24) is 9.88 Å². The molecule has 1 aliphatic heterocycles. The lowest BCUT2D eigenvalue weighted by atomic mass is 9.71. The van der Waals surface area contributed by atoms with Crippen molar-refractivity contribution in [1.29, 1.82) is 0 Å². The lowest BCUT2D eigenvalue weighted by Crippen LogP contribution is -2.42. The summed E-state index contributed by atoms with van der Waals surface area (Å²) in [7, 11) is 1.57. The number of likely N-dealkylation sites (tertiary alicyclic amines) is 1. The van der Waals surface area contributed by atoms with Gasteiger partial charge in [0.15, 0.2) is 17.5 Å². The second kappa shape index (κ2) is 13.2. The summed E-state index contributed by atoms with van der Waals surface area (Å²) in [6.07, 6.45) is 3.00. The fraction of sp³-hybridized carbons (Fsp3) is 0.448. The van der Waals surface area contributed by atoms with Crippen molar-refractivity contribution in [2.24, 2.45) is 11.1 Å². The Morgan fingerprint density at radius 3 is 2.52 bits per heavy atom. The number of benzene rings is 2. The van der Waals surface area contributed by atoms with Crippen molar-refractivity contribution in [3.8, 4) is 5.75 Å². The zero-order valence-corrected chi connectivity index (χ0v) is 23.2. The van der Waals surface area contributed by atoms with Crippen LogP contribution in [-0.4, -0.2) is 58.6 Å². The molecule has 4 N–H and O–H groups in total. The minimum absolute atomic E-state index is 0.00506. The smallest absolute Gasteiger partial charge is 0.303 e. The third kappa shape index (κ3) is 7.06. The van der Waals surface area contributed by atoms with E-state index < -0.39 is 34.9 Å². The minimum Gasteiger partial charge on any atom is -0.497 e. The summed E-state index contributed by atoms with van der Waals surface area (Å²) in [4.78, 5) is 18.8. The molecule has 1 fully saturated rings. The summed E-state index contributed by atoms with van der Waals surface area (Å²) in [6, 6.07) is 7.44. The van der Waals surface area contributed by atoms with E-state index in [1.807, 2.05) is 12.1 Å². The number of aromatic nitrogens is 1. The van der Waals surface area contributed by atoms with Crippen molar-refractivity contribution >= 4 is 28.6 Å². The predicted octanol–water partition coefficient (Wildman–Crippen LogP) is 5.28. The van der Waals surface area contributed by atoms with E-state index in [2.05, 4.69) is 9.88 Å². The first-order valence-electron chi connectivity index (χ1n) is 13.2. The van der Waals surface area contributed by atoms with Crippen LogP contribution in [0.4, 0.5) is 13.2 Å². The number of piperidine rings is 1. The Hall–Kier alpha value is -2.86. The SMILES string of the molecule is COc1ccc2ncc(CN)c([C@@H](O)CCC3(CC(=O)O)CCN(CCSc4cc(F)c(F)c(F)c4)CC3)c2c1. The van der Waals surface area contributed by atoms with Gasteiger partial charge < -0.3 is 25.6 Å². The van der Waals surface area contributed by atoms with E-state index in [1.165, 1.54) is 11.8 Å². The highest BCUT2D eigenvalue weighted by Gasteiger charge is 2.37. The number of halogens is 3. The molecule has 0 saturated carbocycles. The van der Waals surface area contributed by atoms with E-state index in [9.17, 15) is 28.2 Å². The molecule has 11 heteroatoms. The third-order valence-corrected chi connectivity index (χ3v) is 8.73. The fourth-order valence-corrected chi connectivity index (χ4v) is 6.46. The van der Waals surface area contributed by atoms with Gasteiger partial charge in [0, 0.05) is 35.3 Å². The normalized spacial score (nSPS) is 16.2. The number of aliphatic carboxylic acids is 1. The zero-order chi connectivity index (χ0) is 28.9. The van der Waals surface area contributed by atoms with Crippen LogP contribution in [0.15, 0.2) is 41.4 Å². The number of carboxylic acid groups (broad SMARTS) is 1. The predicted molar refractivity (Wildman–Crippen MR) is 148 cm³/mol. The van der Waals surface area contributed by atoms with Gasteiger partial charge in [0.05, 0.1) is 25.2 Å². The Morgan fingerprint density at radius 2 is 1.90 bits per heavy atom. The van der Waals surface area contributed by atoms with Gasteiger partial charge in [0.25, 0.3) is 0 Å². The number of methoxy groups -OCH3 is 1. The molecule has 0 amide bonds. The summed E-state index contributed by atoms with van der Waals surface area (Å²) in [5, 5.41) is 21.8. The molecule has 2 aromatic carbocycles. The largest absolute Gasteiger partial charge is 0.497 e. The molecule has 0 bridgehead atoms. The molecular formula is C29H34F3N3O4S. The summed E-state index contributed by atoms with van der Waals surface area (Å²) in [5.74, 6) is -3.58. The van der Waals surface area contributed by atoms with Gasteiger partial charge in [-0.2, -0.15) is 0 Å². The molecule has 0 aliphatic carbocycles. The van der Waals surface area contributed by atoms with E-state index in [0.29, 0.717) is 72.8 Å². The molecule has 1 atom stereocenters. The number of pyridine rings is 1. The number of rotatable bonds is 12. The molecule has 2 heterocycles. The molecule has 7 nitrogen and oxygen atoms in total. The quantitative estimate of drug-likeness (QED) is 0.197. The number of carbonyl (C=O) groups is 1. The van der Waals surface area contributed by atoms with Gasteiger partial charge in [-0.25, -0.2) is 13.2 Å². The number of hydrogen-bond acceptors (Lipinski definition) is 7. The van der Waals surface area contributed by atoms with Crippen molar-refractivity contribution in [3.63, 3.8) is 0 Å². The molecule has 4 rings (SSSR count). The van der Waals surface area contributed by atoms with E-state index in [-0.39, 0.29) is 13.0 Å². The van der Waals surface area contributed by atoms with E-state index in [1.54, 1.807) is 19.4 Å². The average molecular weight is 578 g/mol. The van der Waals surface area contributed by atoms with E-state index in [4.69, 9.17) is 10.5 Å². The van der Waals surface area contributed by atoms with Gasteiger partial charge in [-0.3, -0.25) is 9.78 Å². The van der Waals surface area contributed by atoms with Crippen LogP contribution in [0.5, 0.6) is 5.75 Å². The van der Waals surface area contributed by atoms with Gasteiger partial charge in [0.1, 0.15) is 5.75 Å². The molecule has 216 valence electrons. The standard InChI is InChI=1S/C29H34F3N3O4S/c1-39-19-2-3-24-21(12-19)27(18(16-33)17-34-24)25(36)4-5-29(15-26(37)38)6-8-35(9-7-29)10-11-40-20-13-22(30)28(32)23(31)14-20/h2-3,12-14,17,25,36H,4-11,15-16,33H2,1H3,(H,37,38)/t25-/m0/s1. The van der Waals surface area contributed by atoms with E-state index in [0.717, 1.165) is 23.1 Å². The summed E-state index contributed by atoms with van der Waals surface area (Å²) >= 11 is 1.24. The number of nitrogens with two attached hydrogens (primary N) is 1. The van der Waals surface area contributed by atoms with Crippen LogP contribution in [0.25, 0.3) is 10.9 Å². The van der Waals surface area contributed by atoms with Crippen LogP contribution in [0.2, 0.25) is 0 Å². The Labute approximate surface area is 235 Å². The molecule has 40 heavy (non-hydrogen) atoms. The number of aliphatic hydroxyl groups is 1. The van der Waals surface area contributed by atoms with Gasteiger partial charge in [-0.05, 0) is 85.6 Å². The second-order valence-corrected chi connectivity index (χ2v) is 11.5. The van der Waals surface area contributed by atoms with Crippen molar-refractivity contribution in [2.45, 2.75) is 49.6 Å². The summed E-state index contributed by atoms with van der Waals surface area (Å²) in [5.41, 5.74) is 7.64. The summed E-state index contributed by atoms with van der Waals surface area (Å²) in [6.45, 7) is 2.18. The van der Waals surface area contributed by atoms with Crippen LogP contribution in [0.1, 0.15) is 49.3 Å². The van der Waals surface area contributed by atoms with Gasteiger partial charge in [0.2, 0.25) is 0 Å². The highest BCUT2D eigenvalue weighted by atomic mass is 32.2. The molecule has 0 radical (unpaired) electrons. The Kier molecular flexibility index (Phi) is 9.94. The van der Waals surface area contributed by atoms with Gasteiger partial charge in [-0.15, -0.1) is 11.8 Å². The van der Waals surface area contributed by atoms with Crippen molar-refractivity contribution < 1.29 is 32.9 Å². The first-order chi connectivity index (χ1) is 19.1. The van der Waals surface area contributed by atoms with E-state index >= 15 is 0 Å². The van der Waals surface area contributed by atoms with Crippen LogP contribution in [0.3, 0.4) is 0 Å². The lowest BCUT2D eigenvalue weighted by Gasteiger charge is -2.41. The van der Waals surface area contributed by atoms with Gasteiger partial charge >= 0.3 is 5.97 Å². The maximum Gasteiger partial charge on any atom is 0.303 e. The van der Waals surface area contributed by atoms with Gasteiger partial charge in [-0.1, -0.05) is 0 Å². The Morgan fingerprint density at radius 1 is 1.20 bits per heavy atom. The second-order valence-electron chi connectivity index (χ2n) is 10.3. The Bertz CT molecular complexity index is 1320. The minimum atomic E-state index is -1.48. The number of ether oxygens (including phenoxy) is 1. The molecule has 0 spiro atoms. The van der Waals surface area contributed by atoms with Crippen LogP contribution in [0, 0.1) is 22.9 Å². The maximum atomic E-state index is 13.5. The number of aliphatic hydroxyl groups excluding tert-OH is 1. The molecule has 3 aromatic rings. The maximum absolute atomic E-state index is 13.5. The number of hydrogen-bond donors (Lipinski definition) is 3. The fourth-order valence-electron chi connectivity index (χ4n) is 5.50. The number of thioether (sulfide) groups is 1. The Balaban J connectivity index is 1.40. The zero-order valence-electron chi connectivity index (χ0n) is 22.3. The van der Waals surface area contributed by atoms with Crippen LogP contribution < -0.4 is 10.5 Å². The first kappa shape index (κ1) is 30.1. The van der Waals surface area contributed by atoms with Crippen LogP contribution >= 0.6 is 11.8 Å². The topological polar surface area (TPSA) is 109 Å². The number of fused-ring (bicyclic) bond motifs is 1. The monoisotopic (exact) mass is 577 g/mol. The molecule has 0 unspecified atom stereocenters. The third-order valence-electron chi connectivity index (χ3n) is 7.78.